The molecule has 0 unspecified atom stereocenters. The third-order valence-electron chi connectivity index (χ3n) is 4.55. The van der Waals surface area contributed by atoms with Crippen LogP contribution in [0.4, 0.5) is 0 Å². The van der Waals surface area contributed by atoms with Gasteiger partial charge in [0.2, 0.25) is 0 Å². The third kappa shape index (κ3) is 3.92. The fourth-order valence-corrected chi connectivity index (χ4v) is 7.13. The van der Waals surface area contributed by atoms with Gasteiger partial charge in [-0.2, -0.15) is 0 Å². The number of rotatable bonds is 7. The molecular formula is C23H26OSi. The van der Waals surface area contributed by atoms with Crippen LogP contribution in [0.2, 0.25) is 0 Å². The van der Waals surface area contributed by atoms with Crippen molar-refractivity contribution in [3.05, 3.63) is 91.0 Å². The average Bonchev–Trinajstić information content (AvgIpc) is 2.67. The van der Waals surface area contributed by atoms with Crippen molar-refractivity contribution in [2.45, 2.75) is 20.3 Å². The lowest BCUT2D eigenvalue weighted by Gasteiger charge is -2.33. The minimum atomic E-state index is -2.49. The first-order chi connectivity index (χ1) is 12.2. The standard InChI is InChI=1S/C23H26OSi/c1-20(2)18-19-24-25(21-12-6-3-7-13-21,22-14-8-4-9-15-22)23-16-10-5-11-17-23/h3-17,20H,18-19H2,1-2H3. The van der Waals surface area contributed by atoms with Crippen LogP contribution in [0.5, 0.6) is 0 Å². The Morgan fingerprint density at radius 1 is 0.640 bits per heavy atom. The summed E-state index contributed by atoms with van der Waals surface area (Å²) in [5, 5.41) is 3.91. The monoisotopic (exact) mass is 346 g/mol. The van der Waals surface area contributed by atoms with Crippen LogP contribution in [0.25, 0.3) is 0 Å². The zero-order valence-electron chi connectivity index (χ0n) is 15.1. The van der Waals surface area contributed by atoms with E-state index in [2.05, 4.69) is 105 Å². The van der Waals surface area contributed by atoms with Crippen molar-refractivity contribution < 1.29 is 4.43 Å². The Bertz CT molecular complexity index is 657. The normalized spacial score (nSPS) is 11.6. The SMILES string of the molecule is CC(C)CCO[Si](c1ccccc1)(c1ccccc1)c1ccccc1. The van der Waals surface area contributed by atoms with E-state index in [4.69, 9.17) is 4.43 Å². The summed E-state index contributed by atoms with van der Waals surface area (Å²) in [5.41, 5.74) is 0. The molecule has 25 heavy (non-hydrogen) atoms. The van der Waals surface area contributed by atoms with E-state index in [1.165, 1.54) is 15.6 Å². The molecule has 0 saturated carbocycles. The molecule has 2 heteroatoms. The van der Waals surface area contributed by atoms with Crippen LogP contribution in [0, 0.1) is 5.92 Å². The van der Waals surface area contributed by atoms with Gasteiger partial charge in [-0.05, 0) is 27.9 Å². The molecular weight excluding hydrogens is 320 g/mol. The zero-order valence-corrected chi connectivity index (χ0v) is 16.1. The molecule has 0 fully saturated rings. The van der Waals surface area contributed by atoms with Crippen molar-refractivity contribution in [1.29, 1.82) is 0 Å². The molecule has 0 bridgehead atoms. The predicted molar refractivity (Wildman–Crippen MR) is 109 cm³/mol. The van der Waals surface area contributed by atoms with Gasteiger partial charge in [-0.1, -0.05) is 105 Å². The van der Waals surface area contributed by atoms with Crippen LogP contribution in [0.1, 0.15) is 20.3 Å². The lowest BCUT2D eigenvalue weighted by molar-refractivity contribution is 0.293. The molecule has 3 aromatic rings. The summed E-state index contributed by atoms with van der Waals surface area (Å²) in [5.74, 6) is 0.633. The molecule has 0 aliphatic carbocycles. The van der Waals surface area contributed by atoms with Crippen molar-refractivity contribution in [3.8, 4) is 0 Å². The third-order valence-corrected chi connectivity index (χ3v) is 8.63. The first kappa shape index (κ1) is 17.7. The highest BCUT2D eigenvalue weighted by Crippen LogP contribution is 2.11. The van der Waals surface area contributed by atoms with Crippen molar-refractivity contribution >= 4 is 23.9 Å². The van der Waals surface area contributed by atoms with Gasteiger partial charge in [-0.15, -0.1) is 0 Å². The van der Waals surface area contributed by atoms with E-state index < -0.39 is 8.32 Å². The van der Waals surface area contributed by atoms with Gasteiger partial charge < -0.3 is 4.43 Å². The summed E-state index contributed by atoms with van der Waals surface area (Å²) in [4.78, 5) is 0. The topological polar surface area (TPSA) is 9.23 Å². The highest BCUT2D eigenvalue weighted by molar-refractivity contribution is 7.07. The van der Waals surface area contributed by atoms with Gasteiger partial charge in [-0.25, -0.2) is 0 Å². The average molecular weight is 347 g/mol. The molecule has 0 aromatic heterocycles. The summed E-state index contributed by atoms with van der Waals surface area (Å²) in [6.07, 6.45) is 1.07. The van der Waals surface area contributed by atoms with E-state index in [1.807, 2.05) is 0 Å². The molecule has 0 aliphatic heterocycles. The molecule has 0 heterocycles. The lowest BCUT2D eigenvalue weighted by atomic mass is 10.2. The predicted octanol–water partition coefficient (Wildman–Crippen LogP) is 3.72. The number of hydrogen-bond donors (Lipinski definition) is 0. The van der Waals surface area contributed by atoms with Crippen LogP contribution < -0.4 is 15.6 Å². The largest absolute Gasteiger partial charge is 0.404 e. The second kappa shape index (κ2) is 8.28. The van der Waals surface area contributed by atoms with Crippen molar-refractivity contribution in [2.75, 3.05) is 6.61 Å². The smallest absolute Gasteiger partial charge is 0.288 e. The molecule has 0 spiro atoms. The van der Waals surface area contributed by atoms with Gasteiger partial charge >= 0.3 is 0 Å². The first-order valence-electron chi connectivity index (χ1n) is 9.04. The second-order valence-corrected chi connectivity index (χ2v) is 10.2. The van der Waals surface area contributed by atoms with Crippen molar-refractivity contribution in [2.24, 2.45) is 5.92 Å². The summed E-state index contributed by atoms with van der Waals surface area (Å²) in [7, 11) is -2.49. The van der Waals surface area contributed by atoms with Gasteiger partial charge in [-0.3, -0.25) is 0 Å². The van der Waals surface area contributed by atoms with Crippen LogP contribution >= 0.6 is 0 Å². The quantitative estimate of drug-likeness (QED) is 0.468. The minimum absolute atomic E-state index is 0.633. The molecule has 0 aliphatic rings. The molecule has 0 atom stereocenters. The van der Waals surface area contributed by atoms with Crippen LogP contribution in [0.15, 0.2) is 91.0 Å². The Morgan fingerprint density at radius 3 is 1.32 bits per heavy atom. The summed E-state index contributed by atoms with van der Waals surface area (Å²) < 4.78 is 6.84. The van der Waals surface area contributed by atoms with Crippen LogP contribution in [-0.2, 0) is 4.43 Å². The minimum Gasteiger partial charge on any atom is -0.404 e. The molecule has 0 radical (unpaired) electrons. The van der Waals surface area contributed by atoms with Crippen LogP contribution in [0.3, 0.4) is 0 Å². The van der Waals surface area contributed by atoms with Crippen LogP contribution in [-0.4, -0.2) is 14.9 Å². The second-order valence-electron chi connectivity index (χ2n) is 6.81. The van der Waals surface area contributed by atoms with Gasteiger partial charge in [0.1, 0.15) is 0 Å². The first-order valence-corrected chi connectivity index (χ1v) is 10.9. The molecule has 128 valence electrons. The van der Waals surface area contributed by atoms with E-state index in [0.29, 0.717) is 5.92 Å². The van der Waals surface area contributed by atoms with E-state index in [0.717, 1.165) is 13.0 Å². The molecule has 3 rings (SSSR count). The maximum absolute atomic E-state index is 6.84. The fraction of sp³-hybridized carbons (Fsp3) is 0.217. The highest BCUT2D eigenvalue weighted by atomic mass is 28.4. The summed E-state index contributed by atoms with van der Waals surface area (Å²) in [6.45, 7) is 5.28. The highest BCUT2D eigenvalue weighted by Gasteiger charge is 2.41. The molecule has 0 N–H and O–H groups in total. The lowest BCUT2D eigenvalue weighted by Crippen LogP contribution is -2.69. The Morgan fingerprint density at radius 2 is 1.00 bits per heavy atom. The van der Waals surface area contributed by atoms with E-state index >= 15 is 0 Å². The molecule has 0 amide bonds. The van der Waals surface area contributed by atoms with Gasteiger partial charge in [0.15, 0.2) is 0 Å². The van der Waals surface area contributed by atoms with Crippen molar-refractivity contribution in [1.82, 2.24) is 0 Å². The Hall–Kier alpha value is -2.16. The zero-order chi connectivity index (χ0) is 17.5. The van der Waals surface area contributed by atoms with E-state index in [9.17, 15) is 0 Å². The fourth-order valence-electron chi connectivity index (χ4n) is 3.22. The molecule has 0 saturated heterocycles. The van der Waals surface area contributed by atoms with Crippen molar-refractivity contribution in [3.63, 3.8) is 0 Å². The molecule has 1 nitrogen and oxygen atoms in total. The maximum Gasteiger partial charge on any atom is 0.288 e. The van der Waals surface area contributed by atoms with Gasteiger partial charge in [0.05, 0.1) is 0 Å². The van der Waals surface area contributed by atoms with Gasteiger partial charge in [0, 0.05) is 6.61 Å². The number of hydrogen-bond acceptors (Lipinski definition) is 1. The Kier molecular flexibility index (Phi) is 5.85. The maximum atomic E-state index is 6.84. The Labute approximate surface area is 152 Å². The summed E-state index contributed by atoms with van der Waals surface area (Å²) >= 11 is 0. The van der Waals surface area contributed by atoms with E-state index in [1.54, 1.807) is 0 Å². The number of benzene rings is 3. The molecule has 3 aromatic carbocycles. The Balaban J connectivity index is 2.16. The van der Waals surface area contributed by atoms with E-state index in [-0.39, 0.29) is 0 Å². The van der Waals surface area contributed by atoms with Gasteiger partial charge in [0.25, 0.3) is 8.32 Å². The summed E-state index contributed by atoms with van der Waals surface area (Å²) in [6, 6.07) is 32.3.